The van der Waals surface area contributed by atoms with Crippen LogP contribution in [0.1, 0.15) is 30.0 Å². The highest BCUT2D eigenvalue weighted by atomic mass is 32.1. The summed E-state index contributed by atoms with van der Waals surface area (Å²) in [6, 6.07) is 16.7. The molecule has 0 aliphatic carbocycles. The molecule has 0 atom stereocenters. The minimum absolute atomic E-state index is 0.293. The molecule has 0 saturated carbocycles. The summed E-state index contributed by atoms with van der Waals surface area (Å²) in [5.74, 6) is 0.333. The Balaban J connectivity index is 1.84. The fourth-order valence-corrected chi connectivity index (χ4v) is 3.48. The number of nitriles is 1. The molecule has 3 rings (SSSR count). The number of hydrogen-bond acceptors (Lipinski definition) is 3. The molecule has 0 radical (unpaired) electrons. The predicted octanol–water partition coefficient (Wildman–Crippen LogP) is 6.21. The van der Waals surface area contributed by atoms with Gasteiger partial charge in [0.15, 0.2) is 0 Å². The van der Waals surface area contributed by atoms with E-state index in [0.717, 1.165) is 23.2 Å². The van der Waals surface area contributed by atoms with E-state index < -0.39 is 0 Å². The first-order valence-electron chi connectivity index (χ1n) is 8.47. The predicted molar refractivity (Wildman–Crippen MR) is 106 cm³/mol. The van der Waals surface area contributed by atoms with Crippen molar-refractivity contribution in [3.05, 3.63) is 75.9 Å². The maximum atomic E-state index is 13.0. The average Bonchev–Trinajstić information content (AvgIpc) is 3.11. The van der Waals surface area contributed by atoms with Gasteiger partial charge in [-0.3, -0.25) is 0 Å². The number of rotatable bonds is 5. The van der Waals surface area contributed by atoms with Crippen molar-refractivity contribution >= 4 is 23.0 Å². The minimum atomic E-state index is -0.293. The summed E-state index contributed by atoms with van der Waals surface area (Å²) >= 11 is 1.44. The third-order valence-electron chi connectivity index (χ3n) is 3.93. The fraction of sp³-hybridized carbons (Fsp3) is 0.182. The Labute approximate surface area is 157 Å². The molecule has 0 unspecified atom stereocenters. The number of hydrogen-bond donors (Lipinski definition) is 0. The zero-order valence-electron chi connectivity index (χ0n) is 14.7. The van der Waals surface area contributed by atoms with E-state index in [1.807, 2.05) is 5.38 Å². The van der Waals surface area contributed by atoms with Crippen molar-refractivity contribution in [1.29, 1.82) is 5.26 Å². The van der Waals surface area contributed by atoms with E-state index in [9.17, 15) is 9.65 Å². The van der Waals surface area contributed by atoms with E-state index >= 15 is 0 Å². The summed E-state index contributed by atoms with van der Waals surface area (Å²) in [5.41, 5.74) is 4.47. The van der Waals surface area contributed by atoms with E-state index in [4.69, 9.17) is 0 Å². The van der Waals surface area contributed by atoms with Crippen LogP contribution in [0.4, 0.5) is 4.39 Å². The lowest BCUT2D eigenvalue weighted by Gasteiger charge is -2.05. The first-order chi connectivity index (χ1) is 12.5. The Bertz CT molecular complexity index is 945. The van der Waals surface area contributed by atoms with Gasteiger partial charge in [-0.05, 0) is 41.7 Å². The lowest BCUT2D eigenvalue weighted by Crippen LogP contribution is -1.93. The van der Waals surface area contributed by atoms with Gasteiger partial charge < -0.3 is 0 Å². The van der Waals surface area contributed by atoms with Crippen LogP contribution in [0.3, 0.4) is 0 Å². The summed E-state index contributed by atoms with van der Waals surface area (Å²) in [7, 11) is 0. The van der Waals surface area contributed by atoms with Crippen LogP contribution in [0.15, 0.2) is 53.9 Å². The van der Waals surface area contributed by atoms with Crippen LogP contribution in [0, 0.1) is 23.1 Å². The average molecular weight is 362 g/mol. The second kappa shape index (κ2) is 8.07. The summed E-state index contributed by atoms with van der Waals surface area (Å²) in [6.45, 7) is 4.41. The number of benzene rings is 2. The second-order valence-electron chi connectivity index (χ2n) is 6.55. The van der Waals surface area contributed by atoms with E-state index in [-0.39, 0.29) is 5.82 Å². The molecule has 26 heavy (non-hydrogen) atoms. The zero-order valence-corrected chi connectivity index (χ0v) is 15.6. The summed E-state index contributed by atoms with van der Waals surface area (Å²) in [6.07, 6.45) is 2.79. The van der Waals surface area contributed by atoms with Crippen molar-refractivity contribution in [2.24, 2.45) is 5.92 Å². The summed E-state index contributed by atoms with van der Waals surface area (Å²) < 4.78 is 13.0. The number of nitrogens with zero attached hydrogens (tertiary/aromatic N) is 2. The Morgan fingerprint density at radius 2 is 1.85 bits per heavy atom. The summed E-state index contributed by atoms with van der Waals surface area (Å²) in [4.78, 5) is 4.61. The molecular weight excluding hydrogens is 343 g/mol. The van der Waals surface area contributed by atoms with Crippen LogP contribution < -0.4 is 0 Å². The van der Waals surface area contributed by atoms with Gasteiger partial charge in [0.05, 0.1) is 11.3 Å². The maximum absolute atomic E-state index is 13.0. The van der Waals surface area contributed by atoms with Crippen LogP contribution in [0.2, 0.25) is 0 Å². The Hall–Kier alpha value is -2.77. The number of aromatic nitrogens is 1. The Morgan fingerprint density at radius 1 is 1.15 bits per heavy atom. The topological polar surface area (TPSA) is 36.7 Å². The van der Waals surface area contributed by atoms with Gasteiger partial charge in [-0.15, -0.1) is 11.3 Å². The molecule has 0 spiro atoms. The van der Waals surface area contributed by atoms with Crippen LogP contribution >= 0.6 is 11.3 Å². The highest BCUT2D eigenvalue weighted by Gasteiger charge is 2.09. The largest absolute Gasteiger partial charge is 0.235 e. The zero-order chi connectivity index (χ0) is 18.5. The van der Waals surface area contributed by atoms with E-state index in [1.54, 1.807) is 18.2 Å². The maximum Gasteiger partial charge on any atom is 0.134 e. The van der Waals surface area contributed by atoms with Crippen molar-refractivity contribution in [3.8, 4) is 17.3 Å². The highest BCUT2D eigenvalue weighted by Crippen LogP contribution is 2.27. The number of thiazole rings is 1. The van der Waals surface area contributed by atoms with E-state index in [0.29, 0.717) is 16.5 Å². The van der Waals surface area contributed by atoms with Crippen molar-refractivity contribution in [2.75, 3.05) is 0 Å². The molecule has 0 amide bonds. The molecule has 0 bridgehead atoms. The Kier molecular flexibility index (Phi) is 5.60. The van der Waals surface area contributed by atoms with Gasteiger partial charge >= 0.3 is 0 Å². The molecule has 2 nitrogen and oxygen atoms in total. The van der Waals surface area contributed by atoms with Gasteiger partial charge in [-0.2, -0.15) is 5.26 Å². The van der Waals surface area contributed by atoms with Crippen molar-refractivity contribution < 1.29 is 4.39 Å². The van der Waals surface area contributed by atoms with Crippen LogP contribution in [0.25, 0.3) is 22.9 Å². The molecule has 0 N–H and O–H groups in total. The molecule has 0 aliphatic heterocycles. The second-order valence-corrected chi connectivity index (χ2v) is 7.41. The molecule has 0 aliphatic rings. The van der Waals surface area contributed by atoms with Crippen molar-refractivity contribution in [2.45, 2.75) is 20.3 Å². The van der Waals surface area contributed by atoms with Gasteiger partial charge in [0.1, 0.15) is 16.9 Å². The lowest BCUT2D eigenvalue weighted by molar-refractivity contribution is 0.628. The normalized spacial score (nSPS) is 11.6. The van der Waals surface area contributed by atoms with Gasteiger partial charge in [0, 0.05) is 10.9 Å². The molecule has 1 heterocycles. The summed E-state index contributed by atoms with van der Waals surface area (Å²) in [5, 5.41) is 12.1. The fourth-order valence-electron chi connectivity index (χ4n) is 2.68. The van der Waals surface area contributed by atoms with E-state index in [1.165, 1.54) is 29.0 Å². The standard InChI is InChI=1S/C22H19FN2S/c1-15(2)11-16-3-7-18(8-4-16)21-14-26-22(25-21)19(13-24)12-17-5-9-20(23)10-6-17/h3-10,12,14-15H,11H2,1-2H3. The molecule has 4 heteroatoms. The first kappa shape index (κ1) is 18.0. The van der Waals surface area contributed by atoms with Gasteiger partial charge in [0.25, 0.3) is 0 Å². The molecule has 130 valence electrons. The van der Waals surface area contributed by atoms with Gasteiger partial charge in [-0.1, -0.05) is 50.2 Å². The lowest BCUT2D eigenvalue weighted by atomic mass is 10.0. The highest BCUT2D eigenvalue weighted by molar-refractivity contribution is 7.11. The van der Waals surface area contributed by atoms with Crippen LogP contribution in [-0.4, -0.2) is 4.98 Å². The van der Waals surface area contributed by atoms with Gasteiger partial charge in [-0.25, -0.2) is 9.37 Å². The minimum Gasteiger partial charge on any atom is -0.235 e. The van der Waals surface area contributed by atoms with Crippen molar-refractivity contribution in [1.82, 2.24) is 4.98 Å². The number of halogens is 1. The molecular formula is C22H19FN2S. The van der Waals surface area contributed by atoms with E-state index in [2.05, 4.69) is 49.2 Å². The SMILES string of the molecule is CC(C)Cc1ccc(-c2csc(C(C#N)=Cc3ccc(F)cc3)n2)cc1. The molecule has 0 saturated heterocycles. The van der Waals surface area contributed by atoms with Crippen molar-refractivity contribution in [3.63, 3.8) is 0 Å². The van der Waals surface area contributed by atoms with Gasteiger partial charge in [0.2, 0.25) is 0 Å². The quantitative estimate of drug-likeness (QED) is 0.506. The molecule has 3 aromatic rings. The Morgan fingerprint density at radius 3 is 2.46 bits per heavy atom. The third-order valence-corrected chi connectivity index (χ3v) is 4.81. The molecule has 1 aromatic heterocycles. The molecule has 0 fully saturated rings. The third kappa shape index (κ3) is 4.44. The molecule has 2 aromatic carbocycles. The first-order valence-corrected chi connectivity index (χ1v) is 9.35. The van der Waals surface area contributed by atoms with Crippen LogP contribution in [-0.2, 0) is 6.42 Å². The smallest absolute Gasteiger partial charge is 0.134 e. The number of allylic oxidation sites excluding steroid dienone is 1. The van der Waals surface area contributed by atoms with Crippen LogP contribution in [0.5, 0.6) is 0 Å². The monoisotopic (exact) mass is 362 g/mol.